The lowest BCUT2D eigenvalue weighted by Crippen LogP contribution is -2.36. The number of morpholine rings is 1. The summed E-state index contributed by atoms with van der Waals surface area (Å²) in [5.74, 6) is 0.121. The second-order valence-corrected chi connectivity index (χ2v) is 7.80. The molecule has 1 aromatic heterocycles. The number of aromatic nitrogens is 2. The molecule has 1 amide bonds. The average Bonchev–Trinajstić information content (AvgIpc) is 3.04. The summed E-state index contributed by atoms with van der Waals surface area (Å²) in [6, 6.07) is 10.6. The van der Waals surface area contributed by atoms with Crippen molar-refractivity contribution in [1.29, 1.82) is 5.26 Å². The number of hydrogen-bond acceptors (Lipinski definition) is 5. The van der Waals surface area contributed by atoms with Crippen LogP contribution in [0.5, 0.6) is 0 Å². The molecular formula is C23H31N5O2. The second-order valence-electron chi connectivity index (χ2n) is 7.80. The van der Waals surface area contributed by atoms with E-state index >= 15 is 0 Å². The van der Waals surface area contributed by atoms with Gasteiger partial charge in [-0.15, -0.1) is 0 Å². The fourth-order valence-electron chi connectivity index (χ4n) is 3.89. The Morgan fingerprint density at radius 3 is 2.60 bits per heavy atom. The molecule has 1 saturated heterocycles. The molecule has 0 spiro atoms. The summed E-state index contributed by atoms with van der Waals surface area (Å²) in [6.45, 7) is 8.56. The van der Waals surface area contributed by atoms with Crippen LogP contribution in [0.15, 0.2) is 24.3 Å². The molecule has 1 aliphatic rings. The molecular weight excluding hydrogens is 378 g/mol. The Bertz CT molecular complexity index is 892. The van der Waals surface area contributed by atoms with E-state index in [-0.39, 0.29) is 5.91 Å². The van der Waals surface area contributed by atoms with Gasteiger partial charge in [0, 0.05) is 44.5 Å². The normalized spacial score (nSPS) is 13.9. The van der Waals surface area contributed by atoms with Gasteiger partial charge in [0.1, 0.15) is 0 Å². The van der Waals surface area contributed by atoms with E-state index < -0.39 is 0 Å². The maximum absolute atomic E-state index is 12.7. The van der Waals surface area contributed by atoms with E-state index in [1.165, 1.54) is 5.69 Å². The van der Waals surface area contributed by atoms with Crippen LogP contribution < -0.4 is 4.90 Å². The molecule has 1 aromatic carbocycles. The Balaban J connectivity index is 1.52. The van der Waals surface area contributed by atoms with E-state index in [1.54, 1.807) is 4.90 Å². The summed E-state index contributed by atoms with van der Waals surface area (Å²) in [6.07, 6.45) is 1.56. The van der Waals surface area contributed by atoms with Crippen molar-refractivity contribution in [1.82, 2.24) is 14.7 Å². The van der Waals surface area contributed by atoms with Crippen molar-refractivity contribution in [3.05, 3.63) is 46.8 Å². The summed E-state index contributed by atoms with van der Waals surface area (Å²) in [4.78, 5) is 16.8. The van der Waals surface area contributed by atoms with Crippen LogP contribution >= 0.6 is 0 Å². The van der Waals surface area contributed by atoms with Gasteiger partial charge in [0.15, 0.2) is 0 Å². The van der Waals surface area contributed by atoms with E-state index in [0.29, 0.717) is 32.4 Å². The molecule has 3 rings (SSSR count). The smallest absolute Gasteiger partial charge is 0.222 e. The third-order valence-electron chi connectivity index (χ3n) is 5.71. The maximum Gasteiger partial charge on any atom is 0.222 e. The number of hydrogen-bond donors (Lipinski definition) is 0. The van der Waals surface area contributed by atoms with Gasteiger partial charge < -0.3 is 14.5 Å². The van der Waals surface area contributed by atoms with Crippen LogP contribution in [0.1, 0.15) is 35.4 Å². The van der Waals surface area contributed by atoms with E-state index in [4.69, 9.17) is 10.00 Å². The minimum absolute atomic E-state index is 0.121. The minimum Gasteiger partial charge on any atom is -0.378 e. The number of benzene rings is 1. The first-order chi connectivity index (χ1) is 14.5. The Morgan fingerprint density at radius 2 is 1.93 bits per heavy atom. The molecule has 0 N–H and O–H groups in total. The van der Waals surface area contributed by atoms with E-state index in [9.17, 15) is 4.79 Å². The molecule has 1 aliphatic heterocycles. The molecule has 7 heteroatoms. The fourth-order valence-corrected chi connectivity index (χ4v) is 3.89. The first-order valence-corrected chi connectivity index (χ1v) is 10.5. The largest absolute Gasteiger partial charge is 0.378 e. The SMILES string of the molecule is Cc1nn(CCC#N)c(C)c1CCC(=O)N(C)Cc1ccc(N2CCOCC2)cc1. The topological polar surface area (TPSA) is 74.4 Å². The molecule has 2 heterocycles. The van der Waals surface area contributed by atoms with Crippen molar-refractivity contribution in [2.75, 3.05) is 38.3 Å². The molecule has 0 saturated carbocycles. The number of ether oxygens (including phenoxy) is 1. The Hall–Kier alpha value is -2.85. The number of amides is 1. The number of anilines is 1. The molecule has 160 valence electrons. The molecule has 0 aliphatic carbocycles. The van der Waals surface area contributed by atoms with Crippen molar-refractivity contribution in [3.8, 4) is 6.07 Å². The quantitative estimate of drug-likeness (QED) is 0.670. The monoisotopic (exact) mass is 409 g/mol. The first-order valence-electron chi connectivity index (χ1n) is 10.5. The van der Waals surface area contributed by atoms with E-state index in [2.05, 4.69) is 40.3 Å². The second kappa shape index (κ2) is 10.3. The Morgan fingerprint density at radius 1 is 1.23 bits per heavy atom. The molecule has 0 radical (unpaired) electrons. The minimum atomic E-state index is 0.121. The number of carbonyl (C=O) groups is 1. The van der Waals surface area contributed by atoms with Crippen LogP contribution in [0.3, 0.4) is 0 Å². The predicted molar refractivity (Wildman–Crippen MR) is 116 cm³/mol. The predicted octanol–water partition coefficient (Wildman–Crippen LogP) is 2.84. The number of nitrogens with zero attached hydrogens (tertiary/aromatic N) is 5. The third-order valence-corrected chi connectivity index (χ3v) is 5.71. The highest BCUT2D eigenvalue weighted by molar-refractivity contribution is 5.76. The first kappa shape index (κ1) is 21.8. The lowest BCUT2D eigenvalue weighted by Gasteiger charge is -2.29. The summed E-state index contributed by atoms with van der Waals surface area (Å²) in [5.41, 5.74) is 5.44. The van der Waals surface area contributed by atoms with Crippen LogP contribution in [-0.4, -0.2) is 53.9 Å². The van der Waals surface area contributed by atoms with Crippen LogP contribution in [0, 0.1) is 25.2 Å². The van der Waals surface area contributed by atoms with E-state index in [1.807, 2.05) is 25.6 Å². The zero-order valence-corrected chi connectivity index (χ0v) is 18.2. The number of rotatable bonds is 8. The number of aryl methyl sites for hydroxylation is 2. The summed E-state index contributed by atoms with van der Waals surface area (Å²) in [5, 5.41) is 13.3. The van der Waals surface area contributed by atoms with E-state index in [0.717, 1.165) is 48.8 Å². The van der Waals surface area contributed by atoms with Gasteiger partial charge in [0.2, 0.25) is 5.91 Å². The Labute approximate surface area is 178 Å². The van der Waals surface area contributed by atoms with Crippen molar-refractivity contribution in [2.24, 2.45) is 0 Å². The van der Waals surface area contributed by atoms with Gasteiger partial charge >= 0.3 is 0 Å². The van der Waals surface area contributed by atoms with Gasteiger partial charge in [-0.2, -0.15) is 10.4 Å². The lowest BCUT2D eigenvalue weighted by molar-refractivity contribution is -0.130. The van der Waals surface area contributed by atoms with Crippen molar-refractivity contribution in [2.45, 2.75) is 46.2 Å². The Kier molecular flexibility index (Phi) is 7.47. The van der Waals surface area contributed by atoms with Gasteiger partial charge in [0.05, 0.1) is 37.9 Å². The third kappa shape index (κ3) is 5.39. The highest BCUT2D eigenvalue weighted by Gasteiger charge is 2.16. The summed E-state index contributed by atoms with van der Waals surface area (Å²) >= 11 is 0. The van der Waals surface area contributed by atoms with Crippen LogP contribution in [0.25, 0.3) is 0 Å². The van der Waals surface area contributed by atoms with Crippen LogP contribution in [0.4, 0.5) is 5.69 Å². The zero-order chi connectivity index (χ0) is 21.5. The van der Waals surface area contributed by atoms with Gasteiger partial charge in [-0.1, -0.05) is 12.1 Å². The molecule has 7 nitrogen and oxygen atoms in total. The molecule has 0 bridgehead atoms. The molecule has 30 heavy (non-hydrogen) atoms. The zero-order valence-electron chi connectivity index (χ0n) is 18.2. The molecule has 0 unspecified atom stereocenters. The van der Waals surface area contributed by atoms with Crippen molar-refractivity contribution >= 4 is 11.6 Å². The van der Waals surface area contributed by atoms with Crippen LogP contribution in [-0.2, 0) is 29.0 Å². The van der Waals surface area contributed by atoms with Crippen LogP contribution in [0.2, 0.25) is 0 Å². The molecule has 2 aromatic rings. The average molecular weight is 410 g/mol. The molecule has 1 fully saturated rings. The summed E-state index contributed by atoms with van der Waals surface area (Å²) < 4.78 is 7.28. The van der Waals surface area contributed by atoms with Gasteiger partial charge in [-0.3, -0.25) is 9.48 Å². The van der Waals surface area contributed by atoms with Crippen molar-refractivity contribution in [3.63, 3.8) is 0 Å². The van der Waals surface area contributed by atoms with Crippen molar-refractivity contribution < 1.29 is 9.53 Å². The standard InChI is InChI=1S/C23H31N5O2/c1-18-22(19(2)28(25-18)12-4-11-24)9-10-23(29)26(3)17-20-5-7-21(8-6-20)27-13-15-30-16-14-27/h5-8H,4,9-10,12-17H2,1-3H3. The highest BCUT2D eigenvalue weighted by atomic mass is 16.5. The van der Waals surface area contributed by atoms with Gasteiger partial charge in [0.25, 0.3) is 0 Å². The van der Waals surface area contributed by atoms with Gasteiger partial charge in [-0.25, -0.2) is 0 Å². The molecule has 0 atom stereocenters. The fraction of sp³-hybridized carbons (Fsp3) is 0.522. The number of nitriles is 1. The number of carbonyl (C=O) groups excluding carboxylic acids is 1. The summed E-state index contributed by atoms with van der Waals surface area (Å²) in [7, 11) is 1.86. The highest BCUT2D eigenvalue weighted by Crippen LogP contribution is 2.19. The van der Waals surface area contributed by atoms with Gasteiger partial charge in [-0.05, 0) is 43.5 Å². The maximum atomic E-state index is 12.7. The lowest BCUT2D eigenvalue weighted by atomic mass is 10.1.